The SMILES string of the molecule is CCCc1nc(Cl)nc(-c2cccc(C(F)(F)F)c2)c1C. The van der Waals surface area contributed by atoms with Crippen molar-refractivity contribution >= 4 is 11.6 Å². The normalized spacial score (nSPS) is 11.7. The van der Waals surface area contributed by atoms with E-state index >= 15 is 0 Å². The molecule has 1 aromatic heterocycles. The lowest BCUT2D eigenvalue weighted by molar-refractivity contribution is -0.137. The number of alkyl halides is 3. The molecule has 6 heteroatoms. The minimum absolute atomic E-state index is 0.0523. The summed E-state index contributed by atoms with van der Waals surface area (Å²) in [6.07, 6.45) is -2.80. The first-order valence-corrected chi connectivity index (χ1v) is 6.91. The highest BCUT2D eigenvalue weighted by Crippen LogP contribution is 2.33. The quantitative estimate of drug-likeness (QED) is 0.739. The van der Waals surface area contributed by atoms with E-state index in [0.29, 0.717) is 17.7 Å². The van der Waals surface area contributed by atoms with Crippen LogP contribution in [0.15, 0.2) is 24.3 Å². The van der Waals surface area contributed by atoms with Crippen molar-refractivity contribution in [1.29, 1.82) is 0 Å². The lowest BCUT2D eigenvalue weighted by Crippen LogP contribution is -2.05. The molecule has 0 fully saturated rings. The number of aryl methyl sites for hydroxylation is 1. The molecule has 21 heavy (non-hydrogen) atoms. The van der Waals surface area contributed by atoms with Gasteiger partial charge in [0, 0.05) is 11.3 Å². The first-order valence-electron chi connectivity index (χ1n) is 6.53. The Morgan fingerprint density at radius 3 is 2.52 bits per heavy atom. The largest absolute Gasteiger partial charge is 0.416 e. The summed E-state index contributed by atoms with van der Waals surface area (Å²) in [6.45, 7) is 3.80. The van der Waals surface area contributed by atoms with Crippen molar-refractivity contribution in [3.63, 3.8) is 0 Å². The molecule has 0 saturated heterocycles. The van der Waals surface area contributed by atoms with Crippen LogP contribution in [0.4, 0.5) is 13.2 Å². The van der Waals surface area contributed by atoms with Gasteiger partial charge in [-0.2, -0.15) is 13.2 Å². The van der Waals surface area contributed by atoms with Crippen molar-refractivity contribution in [1.82, 2.24) is 9.97 Å². The molecule has 1 aromatic carbocycles. The van der Waals surface area contributed by atoms with Crippen molar-refractivity contribution < 1.29 is 13.2 Å². The van der Waals surface area contributed by atoms with Gasteiger partial charge in [-0.05, 0) is 42.6 Å². The molecule has 2 nitrogen and oxygen atoms in total. The summed E-state index contributed by atoms with van der Waals surface area (Å²) in [5, 5.41) is 0.0523. The molecule has 0 spiro atoms. The Morgan fingerprint density at radius 2 is 1.90 bits per heavy atom. The van der Waals surface area contributed by atoms with E-state index < -0.39 is 11.7 Å². The maximum atomic E-state index is 12.8. The number of hydrogen-bond acceptors (Lipinski definition) is 2. The van der Waals surface area contributed by atoms with E-state index in [1.165, 1.54) is 6.07 Å². The molecule has 2 aromatic rings. The average Bonchev–Trinajstić information content (AvgIpc) is 2.42. The Hall–Kier alpha value is -1.62. The van der Waals surface area contributed by atoms with Gasteiger partial charge >= 0.3 is 6.18 Å². The number of benzene rings is 1. The average molecular weight is 315 g/mol. The maximum absolute atomic E-state index is 12.8. The molecule has 0 amide bonds. The predicted molar refractivity (Wildman–Crippen MR) is 76.2 cm³/mol. The van der Waals surface area contributed by atoms with Gasteiger partial charge in [0.15, 0.2) is 0 Å². The summed E-state index contributed by atoms with van der Waals surface area (Å²) in [6, 6.07) is 5.08. The highest BCUT2D eigenvalue weighted by Gasteiger charge is 2.30. The zero-order valence-corrected chi connectivity index (χ0v) is 12.4. The third-order valence-electron chi connectivity index (χ3n) is 3.17. The molecular weight excluding hydrogens is 301 g/mol. The number of halogens is 4. The summed E-state index contributed by atoms with van der Waals surface area (Å²) in [5.74, 6) is 0. The van der Waals surface area contributed by atoms with Gasteiger partial charge in [0.1, 0.15) is 0 Å². The number of rotatable bonds is 3. The molecule has 0 bridgehead atoms. The van der Waals surface area contributed by atoms with Crippen LogP contribution in [0.5, 0.6) is 0 Å². The minimum atomic E-state index is -4.38. The summed E-state index contributed by atoms with van der Waals surface area (Å²) in [7, 11) is 0. The van der Waals surface area contributed by atoms with Gasteiger partial charge in [0.2, 0.25) is 5.28 Å². The zero-order valence-electron chi connectivity index (χ0n) is 11.6. The van der Waals surface area contributed by atoms with Crippen LogP contribution in [0, 0.1) is 6.92 Å². The molecule has 0 aliphatic carbocycles. The van der Waals surface area contributed by atoms with E-state index in [4.69, 9.17) is 11.6 Å². The van der Waals surface area contributed by atoms with Crippen molar-refractivity contribution in [3.8, 4) is 11.3 Å². The fourth-order valence-electron chi connectivity index (χ4n) is 2.14. The second kappa shape index (κ2) is 6.02. The van der Waals surface area contributed by atoms with Crippen molar-refractivity contribution in [2.45, 2.75) is 32.9 Å². The molecule has 112 valence electrons. The van der Waals surface area contributed by atoms with E-state index in [9.17, 15) is 13.2 Å². The summed E-state index contributed by atoms with van der Waals surface area (Å²) >= 11 is 5.89. The van der Waals surface area contributed by atoms with Gasteiger partial charge in [-0.1, -0.05) is 25.5 Å². The summed E-state index contributed by atoms with van der Waals surface area (Å²) in [4.78, 5) is 8.25. The minimum Gasteiger partial charge on any atom is -0.223 e. The number of aromatic nitrogens is 2. The number of hydrogen-bond donors (Lipinski definition) is 0. The topological polar surface area (TPSA) is 25.8 Å². The lowest BCUT2D eigenvalue weighted by atomic mass is 10.0. The fraction of sp³-hybridized carbons (Fsp3) is 0.333. The molecule has 0 atom stereocenters. The van der Waals surface area contributed by atoms with Crippen molar-refractivity contribution in [2.75, 3.05) is 0 Å². The molecule has 2 rings (SSSR count). The Labute approximate surface area is 126 Å². The third-order valence-corrected chi connectivity index (χ3v) is 3.34. The van der Waals surface area contributed by atoms with Gasteiger partial charge in [-0.3, -0.25) is 0 Å². The predicted octanol–water partition coefficient (Wildman–Crippen LogP) is 5.08. The zero-order chi connectivity index (χ0) is 15.6. The van der Waals surface area contributed by atoms with E-state index in [-0.39, 0.29) is 5.28 Å². The van der Waals surface area contributed by atoms with Crippen LogP contribution in [0.25, 0.3) is 11.3 Å². The summed E-state index contributed by atoms with van der Waals surface area (Å²) < 4.78 is 38.4. The highest BCUT2D eigenvalue weighted by atomic mass is 35.5. The van der Waals surface area contributed by atoms with Gasteiger partial charge in [0.25, 0.3) is 0 Å². The molecule has 0 N–H and O–H groups in total. The Balaban J connectivity index is 2.56. The lowest BCUT2D eigenvalue weighted by Gasteiger charge is -2.12. The van der Waals surface area contributed by atoms with Crippen LogP contribution >= 0.6 is 11.6 Å². The first-order chi connectivity index (χ1) is 9.82. The Kier molecular flexibility index (Phi) is 4.52. The Morgan fingerprint density at radius 1 is 1.19 bits per heavy atom. The number of nitrogens with zero attached hydrogens (tertiary/aromatic N) is 2. The van der Waals surface area contributed by atoms with Crippen LogP contribution in [0.1, 0.15) is 30.2 Å². The van der Waals surface area contributed by atoms with Crippen molar-refractivity contribution in [3.05, 3.63) is 46.4 Å². The smallest absolute Gasteiger partial charge is 0.223 e. The Bertz CT molecular complexity index is 654. The molecule has 0 saturated carbocycles. The highest BCUT2D eigenvalue weighted by molar-refractivity contribution is 6.28. The van der Waals surface area contributed by atoms with Crippen LogP contribution in [-0.4, -0.2) is 9.97 Å². The monoisotopic (exact) mass is 314 g/mol. The second-order valence-corrected chi connectivity index (χ2v) is 5.08. The summed E-state index contributed by atoms with van der Waals surface area (Å²) in [5.41, 5.74) is 1.67. The van der Waals surface area contributed by atoms with Gasteiger partial charge in [-0.25, -0.2) is 9.97 Å². The standard InChI is InChI=1S/C15H14ClF3N2/c1-3-5-12-9(2)13(21-14(16)20-12)10-6-4-7-11(8-10)15(17,18)19/h4,6-8H,3,5H2,1-2H3. The van der Waals surface area contributed by atoms with Crippen LogP contribution in [0.2, 0.25) is 5.28 Å². The van der Waals surface area contributed by atoms with Crippen LogP contribution < -0.4 is 0 Å². The van der Waals surface area contributed by atoms with Crippen LogP contribution in [-0.2, 0) is 12.6 Å². The molecule has 1 heterocycles. The second-order valence-electron chi connectivity index (χ2n) is 4.74. The molecule has 0 aliphatic rings. The third kappa shape index (κ3) is 3.53. The fourth-order valence-corrected chi connectivity index (χ4v) is 2.32. The molecule has 0 radical (unpaired) electrons. The molecular formula is C15H14ClF3N2. The molecule has 0 aliphatic heterocycles. The van der Waals surface area contributed by atoms with E-state index in [2.05, 4.69) is 9.97 Å². The molecule has 0 unspecified atom stereocenters. The van der Waals surface area contributed by atoms with Gasteiger partial charge < -0.3 is 0 Å². The van der Waals surface area contributed by atoms with Gasteiger partial charge in [0.05, 0.1) is 11.3 Å². The first kappa shape index (κ1) is 15.8. The van der Waals surface area contributed by atoms with E-state index in [0.717, 1.165) is 29.8 Å². The van der Waals surface area contributed by atoms with Crippen molar-refractivity contribution in [2.24, 2.45) is 0 Å². The maximum Gasteiger partial charge on any atom is 0.416 e. The van der Waals surface area contributed by atoms with E-state index in [1.807, 2.05) is 6.92 Å². The van der Waals surface area contributed by atoms with E-state index in [1.54, 1.807) is 13.0 Å². The van der Waals surface area contributed by atoms with Crippen LogP contribution in [0.3, 0.4) is 0 Å². The van der Waals surface area contributed by atoms with Gasteiger partial charge in [-0.15, -0.1) is 0 Å².